The molecule has 1 aliphatic heterocycles. The zero-order valence-electron chi connectivity index (χ0n) is 13.6. The molecule has 0 bridgehead atoms. The molecular weight excluding hydrogens is 293 g/mol. The Bertz CT molecular complexity index is 710. The molecule has 5 heteroatoms. The number of rotatable bonds is 4. The molecule has 0 saturated carbocycles. The Morgan fingerprint density at radius 2 is 2.22 bits per heavy atom. The van der Waals surface area contributed by atoms with Crippen molar-refractivity contribution in [3.05, 3.63) is 53.6 Å². The van der Waals surface area contributed by atoms with Crippen LogP contribution >= 0.6 is 0 Å². The van der Waals surface area contributed by atoms with Crippen molar-refractivity contribution in [2.24, 2.45) is 7.05 Å². The van der Waals surface area contributed by atoms with Crippen molar-refractivity contribution in [2.75, 3.05) is 18.4 Å². The molecule has 0 radical (unpaired) electrons. The van der Waals surface area contributed by atoms with Gasteiger partial charge in [-0.05, 0) is 56.1 Å². The second-order valence-electron chi connectivity index (χ2n) is 6.18. The van der Waals surface area contributed by atoms with Gasteiger partial charge in [0.05, 0.1) is 12.6 Å². The van der Waals surface area contributed by atoms with Gasteiger partial charge in [0, 0.05) is 24.6 Å². The number of nitrogens with zero attached hydrogens (tertiary/aromatic N) is 2. The van der Waals surface area contributed by atoms with Crippen molar-refractivity contribution in [3.8, 4) is 0 Å². The number of hydrogen-bond donors (Lipinski definition) is 1. The molecular formula is C18H22FN3O. The minimum atomic E-state index is -0.300. The molecule has 1 saturated heterocycles. The average Bonchev–Trinajstić information content (AvgIpc) is 3.11. The summed E-state index contributed by atoms with van der Waals surface area (Å²) in [4.78, 5) is 14.5. The number of aryl methyl sites for hydroxylation is 2. The van der Waals surface area contributed by atoms with Crippen LogP contribution in [-0.2, 0) is 11.8 Å². The second kappa shape index (κ2) is 6.54. The van der Waals surface area contributed by atoms with Crippen LogP contribution < -0.4 is 5.32 Å². The zero-order valence-corrected chi connectivity index (χ0v) is 13.6. The van der Waals surface area contributed by atoms with E-state index in [0.717, 1.165) is 19.4 Å². The molecule has 1 aromatic carbocycles. The summed E-state index contributed by atoms with van der Waals surface area (Å²) in [6.07, 6.45) is 4.17. The lowest BCUT2D eigenvalue weighted by atomic mass is 10.1. The highest BCUT2D eigenvalue weighted by molar-refractivity contribution is 5.92. The van der Waals surface area contributed by atoms with Gasteiger partial charge in [-0.2, -0.15) is 0 Å². The Kier molecular flexibility index (Phi) is 4.48. The number of benzene rings is 1. The van der Waals surface area contributed by atoms with Gasteiger partial charge in [0.1, 0.15) is 5.82 Å². The third-order valence-electron chi connectivity index (χ3n) is 4.49. The van der Waals surface area contributed by atoms with Crippen molar-refractivity contribution in [1.29, 1.82) is 0 Å². The lowest BCUT2D eigenvalue weighted by Gasteiger charge is -2.24. The van der Waals surface area contributed by atoms with Gasteiger partial charge < -0.3 is 9.88 Å². The maximum atomic E-state index is 13.6. The number of aromatic nitrogens is 1. The highest BCUT2D eigenvalue weighted by Gasteiger charge is 2.28. The van der Waals surface area contributed by atoms with Gasteiger partial charge in [-0.3, -0.25) is 9.69 Å². The smallest absolute Gasteiger partial charge is 0.238 e. The van der Waals surface area contributed by atoms with Crippen LogP contribution in [0.15, 0.2) is 36.5 Å². The fourth-order valence-electron chi connectivity index (χ4n) is 3.23. The van der Waals surface area contributed by atoms with E-state index in [1.54, 1.807) is 19.1 Å². The molecule has 3 rings (SSSR count). The summed E-state index contributed by atoms with van der Waals surface area (Å²) in [7, 11) is 2.03. The molecule has 2 heterocycles. The monoisotopic (exact) mass is 315 g/mol. The van der Waals surface area contributed by atoms with E-state index in [4.69, 9.17) is 0 Å². The Morgan fingerprint density at radius 1 is 1.39 bits per heavy atom. The number of carbonyl (C=O) groups is 1. The maximum Gasteiger partial charge on any atom is 0.238 e. The number of halogens is 1. The highest BCUT2D eigenvalue weighted by atomic mass is 19.1. The predicted molar refractivity (Wildman–Crippen MR) is 88.7 cm³/mol. The molecule has 1 fully saturated rings. The molecule has 0 aliphatic carbocycles. The summed E-state index contributed by atoms with van der Waals surface area (Å²) in [5.74, 6) is -0.403. The summed E-state index contributed by atoms with van der Waals surface area (Å²) in [6, 6.07) is 9.18. The quantitative estimate of drug-likeness (QED) is 0.940. The van der Waals surface area contributed by atoms with Crippen LogP contribution in [-0.4, -0.2) is 28.5 Å². The molecule has 1 amide bonds. The van der Waals surface area contributed by atoms with E-state index in [1.807, 2.05) is 19.3 Å². The zero-order chi connectivity index (χ0) is 16.4. The number of hydrogen-bond acceptors (Lipinski definition) is 2. The average molecular weight is 315 g/mol. The lowest BCUT2D eigenvalue weighted by Crippen LogP contribution is -2.33. The Morgan fingerprint density at radius 3 is 2.91 bits per heavy atom. The topological polar surface area (TPSA) is 37.3 Å². The van der Waals surface area contributed by atoms with Gasteiger partial charge in [0.15, 0.2) is 0 Å². The summed E-state index contributed by atoms with van der Waals surface area (Å²) in [6.45, 7) is 2.94. The van der Waals surface area contributed by atoms with Crippen molar-refractivity contribution in [1.82, 2.24) is 9.47 Å². The van der Waals surface area contributed by atoms with Crippen molar-refractivity contribution < 1.29 is 9.18 Å². The minimum Gasteiger partial charge on any atom is -0.353 e. The first kappa shape index (κ1) is 15.7. The van der Waals surface area contributed by atoms with Crippen LogP contribution in [0.1, 0.15) is 30.1 Å². The molecule has 1 atom stereocenters. The number of carbonyl (C=O) groups excluding carboxylic acids is 1. The molecule has 2 aromatic rings. The van der Waals surface area contributed by atoms with E-state index in [-0.39, 0.29) is 17.8 Å². The van der Waals surface area contributed by atoms with Crippen molar-refractivity contribution in [3.63, 3.8) is 0 Å². The first-order chi connectivity index (χ1) is 11.0. The van der Waals surface area contributed by atoms with Crippen LogP contribution in [0.5, 0.6) is 0 Å². The molecule has 1 aromatic heterocycles. The van der Waals surface area contributed by atoms with Gasteiger partial charge in [0.2, 0.25) is 5.91 Å². The van der Waals surface area contributed by atoms with Crippen LogP contribution in [0.4, 0.5) is 10.1 Å². The maximum absolute atomic E-state index is 13.6. The summed E-state index contributed by atoms with van der Waals surface area (Å²) in [5, 5.41) is 2.79. The lowest BCUT2D eigenvalue weighted by molar-refractivity contribution is -0.117. The van der Waals surface area contributed by atoms with E-state index in [1.165, 1.54) is 11.8 Å². The molecule has 4 nitrogen and oxygen atoms in total. The molecule has 0 spiro atoms. The molecule has 1 N–H and O–H groups in total. The minimum absolute atomic E-state index is 0.102. The van der Waals surface area contributed by atoms with Crippen LogP contribution in [0, 0.1) is 12.7 Å². The molecule has 1 aliphatic rings. The number of amides is 1. The van der Waals surface area contributed by atoms with Gasteiger partial charge in [-0.25, -0.2) is 4.39 Å². The van der Waals surface area contributed by atoms with Crippen molar-refractivity contribution >= 4 is 11.6 Å². The standard InChI is InChI=1S/C18H22FN3O/c1-13-7-8-14(11-15(13)19)20-18(23)12-22-10-4-6-17(22)16-5-3-9-21(16)2/h3,5,7-9,11,17H,4,6,10,12H2,1-2H3,(H,20,23). The normalized spacial score (nSPS) is 18.3. The van der Waals surface area contributed by atoms with E-state index >= 15 is 0 Å². The third kappa shape index (κ3) is 3.45. The Hall–Kier alpha value is -2.14. The first-order valence-corrected chi connectivity index (χ1v) is 7.96. The fraction of sp³-hybridized carbons (Fsp3) is 0.389. The number of anilines is 1. The summed E-state index contributed by atoms with van der Waals surface area (Å²) < 4.78 is 15.7. The van der Waals surface area contributed by atoms with E-state index in [2.05, 4.69) is 20.9 Å². The Balaban J connectivity index is 1.65. The molecule has 1 unspecified atom stereocenters. The summed E-state index contributed by atoms with van der Waals surface area (Å²) in [5.41, 5.74) is 2.32. The second-order valence-corrected chi connectivity index (χ2v) is 6.18. The van der Waals surface area contributed by atoms with Crippen LogP contribution in [0.2, 0.25) is 0 Å². The van der Waals surface area contributed by atoms with E-state index in [0.29, 0.717) is 17.8 Å². The largest absolute Gasteiger partial charge is 0.353 e. The fourth-order valence-corrected chi connectivity index (χ4v) is 3.23. The van der Waals surface area contributed by atoms with E-state index < -0.39 is 0 Å². The Labute approximate surface area is 135 Å². The van der Waals surface area contributed by atoms with Crippen molar-refractivity contribution in [2.45, 2.75) is 25.8 Å². The van der Waals surface area contributed by atoms with Crippen LogP contribution in [0.3, 0.4) is 0 Å². The van der Waals surface area contributed by atoms with Gasteiger partial charge in [0.25, 0.3) is 0 Å². The number of nitrogens with one attached hydrogen (secondary N) is 1. The van der Waals surface area contributed by atoms with Gasteiger partial charge >= 0.3 is 0 Å². The molecule has 122 valence electrons. The first-order valence-electron chi connectivity index (χ1n) is 7.96. The van der Waals surface area contributed by atoms with Gasteiger partial charge in [-0.15, -0.1) is 0 Å². The number of likely N-dealkylation sites (tertiary alicyclic amines) is 1. The summed E-state index contributed by atoms with van der Waals surface area (Å²) >= 11 is 0. The predicted octanol–water partition coefficient (Wildman–Crippen LogP) is 3.25. The third-order valence-corrected chi connectivity index (χ3v) is 4.49. The molecule has 23 heavy (non-hydrogen) atoms. The van der Waals surface area contributed by atoms with Gasteiger partial charge in [-0.1, -0.05) is 6.07 Å². The SMILES string of the molecule is Cc1ccc(NC(=O)CN2CCCC2c2cccn2C)cc1F. The van der Waals surface area contributed by atoms with E-state index in [9.17, 15) is 9.18 Å². The highest BCUT2D eigenvalue weighted by Crippen LogP contribution is 2.31. The van der Waals surface area contributed by atoms with Crippen LogP contribution in [0.25, 0.3) is 0 Å².